The third-order valence-electron chi connectivity index (χ3n) is 1.65. The van der Waals surface area contributed by atoms with E-state index in [2.05, 4.69) is 4.74 Å². The number of hydrogen-bond donors (Lipinski definition) is 0. The summed E-state index contributed by atoms with van der Waals surface area (Å²) in [5, 5.41) is 0.296. The number of benzene rings is 1. The maximum atomic E-state index is 13.1. The van der Waals surface area contributed by atoms with Crippen molar-refractivity contribution in [2.45, 2.75) is 6.92 Å². The van der Waals surface area contributed by atoms with Crippen molar-refractivity contribution in [3.63, 3.8) is 0 Å². The van der Waals surface area contributed by atoms with Crippen LogP contribution >= 0.6 is 11.6 Å². The van der Waals surface area contributed by atoms with Crippen LogP contribution in [0.1, 0.15) is 15.9 Å². The monoisotopic (exact) mass is 202 g/mol. The maximum Gasteiger partial charge on any atom is 0.340 e. The van der Waals surface area contributed by atoms with Gasteiger partial charge < -0.3 is 4.74 Å². The summed E-state index contributed by atoms with van der Waals surface area (Å²) in [4.78, 5) is 11.0. The molecular formula is C9H8ClFO2. The van der Waals surface area contributed by atoms with E-state index >= 15 is 0 Å². The van der Waals surface area contributed by atoms with Crippen molar-refractivity contribution >= 4 is 17.6 Å². The van der Waals surface area contributed by atoms with Gasteiger partial charge in [0.1, 0.15) is 5.82 Å². The zero-order valence-electron chi connectivity index (χ0n) is 7.23. The SMILES string of the molecule is COC(=O)c1cc(C)c(Cl)cc1F. The second-order valence-electron chi connectivity index (χ2n) is 2.57. The molecule has 2 nitrogen and oxygen atoms in total. The molecule has 0 spiro atoms. The van der Waals surface area contributed by atoms with E-state index in [9.17, 15) is 9.18 Å². The first-order valence-corrected chi connectivity index (χ1v) is 3.98. The van der Waals surface area contributed by atoms with Gasteiger partial charge in [0.05, 0.1) is 12.7 Å². The van der Waals surface area contributed by atoms with Crippen molar-refractivity contribution < 1.29 is 13.9 Å². The number of esters is 1. The zero-order chi connectivity index (χ0) is 10.0. The molecule has 0 saturated carbocycles. The average molecular weight is 203 g/mol. The van der Waals surface area contributed by atoms with Gasteiger partial charge in [0.2, 0.25) is 0 Å². The molecule has 0 aromatic heterocycles. The highest BCUT2D eigenvalue weighted by molar-refractivity contribution is 6.31. The molecule has 0 radical (unpaired) electrons. The van der Waals surface area contributed by atoms with Gasteiger partial charge in [-0.05, 0) is 24.6 Å². The van der Waals surface area contributed by atoms with Gasteiger partial charge in [0, 0.05) is 5.02 Å². The van der Waals surface area contributed by atoms with Gasteiger partial charge in [0.25, 0.3) is 0 Å². The molecule has 1 aromatic rings. The van der Waals surface area contributed by atoms with Gasteiger partial charge in [-0.15, -0.1) is 0 Å². The van der Waals surface area contributed by atoms with Crippen molar-refractivity contribution in [2.24, 2.45) is 0 Å². The van der Waals surface area contributed by atoms with E-state index in [0.717, 1.165) is 6.07 Å². The van der Waals surface area contributed by atoms with Crippen molar-refractivity contribution in [1.82, 2.24) is 0 Å². The molecule has 0 aliphatic heterocycles. The smallest absolute Gasteiger partial charge is 0.340 e. The summed E-state index contributed by atoms with van der Waals surface area (Å²) in [5.41, 5.74) is 0.549. The van der Waals surface area contributed by atoms with E-state index in [4.69, 9.17) is 11.6 Å². The van der Waals surface area contributed by atoms with Gasteiger partial charge in [-0.25, -0.2) is 9.18 Å². The molecule has 0 aliphatic carbocycles. The number of methoxy groups -OCH3 is 1. The Hall–Kier alpha value is -1.09. The van der Waals surface area contributed by atoms with Crippen molar-refractivity contribution in [1.29, 1.82) is 0 Å². The topological polar surface area (TPSA) is 26.3 Å². The number of ether oxygens (including phenoxy) is 1. The van der Waals surface area contributed by atoms with Crippen molar-refractivity contribution in [3.05, 3.63) is 34.1 Å². The van der Waals surface area contributed by atoms with E-state index in [-0.39, 0.29) is 5.56 Å². The van der Waals surface area contributed by atoms with Crippen LogP contribution in [0.5, 0.6) is 0 Å². The summed E-state index contributed by atoms with van der Waals surface area (Å²) in [6.07, 6.45) is 0. The van der Waals surface area contributed by atoms with Gasteiger partial charge >= 0.3 is 5.97 Å². The van der Waals surface area contributed by atoms with E-state index < -0.39 is 11.8 Å². The van der Waals surface area contributed by atoms with Crippen molar-refractivity contribution in [3.8, 4) is 0 Å². The normalized spacial score (nSPS) is 9.85. The Morgan fingerprint density at radius 3 is 2.69 bits per heavy atom. The standard InChI is InChI=1S/C9H8ClFO2/c1-5-3-6(9(12)13-2)8(11)4-7(5)10/h3-4H,1-2H3. The molecule has 0 N–H and O–H groups in total. The molecule has 1 aromatic carbocycles. The van der Waals surface area contributed by atoms with E-state index in [1.807, 2.05) is 0 Å². The number of halogens is 2. The molecular weight excluding hydrogens is 195 g/mol. The number of carbonyl (C=O) groups excluding carboxylic acids is 1. The molecule has 4 heteroatoms. The molecule has 70 valence electrons. The zero-order valence-corrected chi connectivity index (χ0v) is 7.98. The lowest BCUT2D eigenvalue weighted by atomic mass is 10.1. The predicted octanol–water partition coefficient (Wildman–Crippen LogP) is 2.57. The second kappa shape index (κ2) is 3.75. The lowest BCUT2D eigenvalue weighted by molar-refractivity contribution is 0.0595. The van der Waals surface area contributed by atoms with Crippen LogP contribution in [0.4, 0.5) is 4.39 Å². The van der Waals surface area contributed by atoms with Gasteiger partial charge in [-0.2, -0.15) is 0 Å². The van der Waals surface area contributed by atoms with Crippen LogP contribution in [0.2, 0.25) is 5.02 Å². The highest BCUT2D eigenvalue weighted by Crippen LogP contribution is 2.20. The Kier molecular flexibility index (Phi) is 2.88. The van der Waals surface area contributed by atoms with Crippen LogP contribution in [-0.4, -0.2) is 13.1 Å². The molecule has 0 fully saturated rings. The van der Waals surface area contributed by atoms with Crippen LogP contribution < -0.4 is 0 Å². The highest BCUT2D eigenvalue weighted by atomic mass is 35.5. The minimum Gasteiger partial charge on any atom is -0.465 e. The first kappa shape index (κ1) is 9.99. The molecule has 0 atom stereocenters. The molecule has 0 amide bonds. The number of carbonyl (C=O) groups is 1. The Morgan fingerprint density at radius 1 is 1.54 bits per heavy atom. The van der Waals surface area contributed by atoms with Crippen LogP contribution in [-0.2, 0) is 4.74 Å². The lowest BCUT2D eigenvalue weighted by Crippen LogP contribution is -2.04. The molecule has 1 rings (SSSR count). The predicted molar refractivity (Wildman–Crippen MR) is 47.5 cm³/mol. The number of rotatable bonds is 1. The Labute approximate surface area is 80.3 Å². The van der Waals surface area contributed by atoms with E-state index in [1.54, 1.807) is 6.92 Å². The Bertz CT molecular complexity index is 350. The van der Waals surface area contributed by atoms with Crippen LogP contribution in [0.3, 0.4) is 0 Å². The summed E-state index contributed by atoms with van der Waals surface area (Å²) in [6.45, 7) is 1.69. The first-order valence-electron chi connectivity index (χ1n) is 3.60. The molecule has 13 heavy (non-hydrogen) atoms. The lowest BCUT2D eigenvalue weighted by Gasteiger charge is -2.03. The molecule has 0 saturated heterocycles. The van der Waals surface area contributed by atoms with Gasteiger partial charge in [-0.1, -0.05) is 11.6 Å². The van der Waals surface area contributed by atoms with Crippen LogP contribution in [0, 0.1) is 12.7 Å². The third kappa shape index (κ3) is 1.98. The molecule has 0 bridgehead atoms. The molecule has 0 heterocycles. The molecule has 0 aliphatic rings. The summed E-state index contributed by atoms with van der Waals surface area (Å²) >= 11 is 5.64. The third-order valence-corrected chi connectivity index (χ3v) is 2.06. The average Bonchev–Trinajstić information content (AvgIpc) is 2.10. The number of hydrogen-bond acceptors (Lipinski definition) is 2. The summed E-state index contributed by atoms with van der Waals surface area (Å²) in [5.74, 6) is -1.36. The maximum absolute atomic E-state index is 13.1. The second-order valence-corrected chi connectivity index (χ2v) is 2.98. The van der Waals surface area contributed by atoms with Crippen LogP contribution in [0.15, 0.2) is 12.1 Å². The van der Waals surface area contributed by atoms with Crippen molar-refractivity contribution in [2.75, 3.05) is 7.11 Å². The van der Waals surface area contributed by atoms with Gasteiger partial charge in [-0.3, -0.25) is 0 Å². The fourth-order valence-corrected chi connectivity index (χ4v) is 1.07. The fourth-order valence-electron chi connectivity index (χ4n) is 0.924. The largest absolute Gasteiger partial charge is 0.465 e. The first-order chi connectivity index (χ1) is 6.06. The van der Waals surface area contributed by atoms with E-state index in [0.29, 0.717) is 10.6 Å². The van der Waals surface area contributed by atoms with E-state index in [1.165, 1.54) is 13.2 Å². The minimum atomic E-state index is -0.697. The summed E-state index contributed by atoms with van der Waals surface area (Å²) in [6, 6.07) is 2.46. The summed E-state index contributed by atoms with van der Waals surface area (Å²) < 4.78 is 17.5. The highest BCUT2D eigenvalue weighted by Gasteiger charge is 2.13. The van der Waals surface area contributed by atoms with Crippen LogP contribution in [0.25, 0.3) is 0 Å². The van der Waals surface area contributed by atoms with Gasteiger partial charge in [0.15, 0.2) is 0 Å². The Morgan fingerprint density at radius 2 is 2.15 bits per heavy atom. The minimum absolute atomic E-state index is 0.0931. The molecule has 0 unspecified atom stereocenters. The quantitative estimate of drug-likeness (QED) is 0.655. The number of aryl methyl sites for hydroxylation is 1. The summed E-state index contributed by atoms with van der Waals surface area (Å²) in [7, 11) is 1.20. The fraction of sp³-hybridized carbons (Fsp3) is 0.222. The Balaban J connectivity index is 3.23.